The predicted octanol–water partition coefficient (Wildman–Crippen LogP) is 10.7. The average Bonchev–Trinajstić information content (AvgIpc) is 2.96. The first-order valence-corrected chi connectivity index (χ1v) is 19.5. The molecule has 0 unspecified atom stereocenters. The van der Waals surface area contributed by atoms with Crippen LogP contribution in [-0.2, 0) is 0 Å². The fourth-order valence-corrected chi connectivity index (χ4v) is 13.6. The third-order valence-electron chi connectivity index (χ3n) is 8.07. The summed E-state index contributed by atoms with van der Waals surface area (Å²) < 4.78 is 0. The molecule has 0 aliphatic carbocycles. The molecular weight excluding hydrogens is 531 g/mol. The third-order valence-corrected chi connectivity index (χ3v) is 18.1. The number of unbranched alkanes of at least 4 members (excludes halogenated alkanes) is 14. The molecule has 0 atom stereocenters. The van der Waals surface area contributed by atoms with Crippen molar-refractivity contribution in [2.24, 2.45) is 0 Å². The fourth-order valence-electron chi connectivity index (χ4n) is 5.83. The van der Waals surface area contributed by atoms with E-state index in [1.807, 2.05) is 0 Å². The SMILES string of the molecule is CCCCCCCCCCCCCCCCCP(Br)(c1ccccc1)(c1ccccc1)c1ccccc1. The quantitative estimate of drug-likeness (QED) is 0.0976. The number of benzene rings is 3. The minimum atomic E-state index is -2.73. The molecule has 0 nitrogen and oxygen atoms in total. The summed E-state index contributed by atoms with van der Waals surface area (Å²) in [4.78, 5) is 0. The van der Waals surface area contributed by atoms with Gasteiger partial charge in [-0.3, -0.25) is 0 Å². The summed E-state index contributed by atoms with van der Waals surface area (Å²) in [5.41, 5.74) is 0. The summed E-state index contributed by atoms with van der Waals surface area (Å²) in [6, 6.07) is 33.7. The number of hydrogen-bond acceptors (Lipinski definition) is 0. The van der Waals surface area contributed by atoms with Gasteiger partial charge in [-0.2, -0.15) is 0 Å². The van der Waals surface area contributed by atoms with Gasteiger partial charge in [0.15, 0.2) is 0 Å². The second kappa shape index (κ2) is 16.5. The van der Waals surface area contributed by atoms with E-state index in [9.17, 15) is 0 Å². The van der Waals surface area contributed by atoms with Crippen LogP contribution in [0.15, 0.2) is 91.0 Å². The first kappa shape index (κ1) is 30.1. The van der Waals surface area contributed by atoms with E-state index in [1.165, 1.54) is 118 Å². The standard InChI is InChI=1S/C35H50BrP/c1-2-3-4-5-6-7-8-9-10-11-12-13-14-15-25-32-37(36,33-26-19-16-20-27-33,34-28-21-17-22-29-34)35-30-23-18-24-31-35/h16-24,26-31H,2-15,25,32H2,1H3. The van der Waals surface area contributed by atoms with Gasteiger partial charge in [-0.15, -0.1) is 0 Å². The van der Waals surface area contributed by atoms with Crippen LogP contribution in [0.25, 0.3) is 0 Å². The third kappa shape index (κ3) is 8.53. The Kier molecular flexibility index (Phi) is 13.4. The number of hydrogen-bond donors (Lipinski definition) is 0. The van der Waals surface area contributed by atoms with Gasteiger partial charge in [0.25, 0.3) is 0 Å². The molecule has 37 heavy (non-hydrogen) atoms. The van der Waals surface area contributed by atoms with Gasteiger partial charge in [-0.25, -0.2) is 0 Å². The van der Waals surface area contributed by atoms with E-state index >= 15 is 0 Å². The average molecular weight is 582 g/mol. The summed E-state index contributed by atoms with van der Waals surface area (Å²) in [5.74, 6) is 0. The zero-order valence-electron chi connectivity index (χ0n) is 23.3. The van der Waals surface area contributed by atoms with Gasteiger partial charge in [-0.05, 0) is 0 Å². The van der Waals surface area contributed by atoms with Gasteiger partial charge in [0.1, 0.15) is 0 Å². The minimum absolute atomic E-state index is 1.17. The molecule has 0 heterocycles. The van der Waals surface area contributed by atoms with Crippen LogP contribution >= 0.6 is 20.8 Å². The van der Waals surface area contributed by atoms with E-state index in [0.717, 1.165) is 0 Å². The van der Waals surface area contributed by atoms with Gasteiger partial charge < -0.3 is 0 Å². The first-order valence-electron chi connectivity index (χ1n) is 15.1. The van der Waals surface area contributed by atoms with Crippen molar-refractivity contribution in [2.75, 3.05) is 6.16 Å². The molecule has 0 radical (unpaired) electrons. The molecule has 0 aliphatic rings. The van der Waals surface area contributed by atoms with Gasteiger partial charge in [0.05, 0.1) is 0 Å². The van der Waals surface area contributed by atoms with Crippen LogP contribution in [0.4, 0.5) is 0 Å². The molecule has 0 spiro atoms. The number of halogens is 1. The molecular formula is C35H50BrP. The number of rotatable bonds is 19. The Labute approximate surface area is 236 Å². The van der Waals surface area contributed by atoms with E-state index in [2.05, 4.69) is 113 Å². The maximum atomic E-state index is 4.59. The van der Waals surface area contributed by atoms with Crippen LogP contribution in [-0.4, -0.2) is 6.16 Å². The van der Waals surface area contributed by atoms with E-state index in [4.69, 9.17) is 0 Å². The summed E-state index contributed by atoms with van der Waals surface area (Å²) in [6.45, 7) is 2.30. The second-order valence-electron chi connectivity index (χ2n) is 10.9. The summed E-state index contributed by atoms with van der Waals surface area (Å²) in [6.07, 6.45) is 22.2. The first-order chi connectivity index (χ1) is 18.2. The van der Waals surface area contributed by atoms with Crippen molar-refractivity contribution in [3.05, 3.63) is 91.0 Å². The Balaban J connectivity index is 1.51. The Bertz CT molecular complexity index is 871. The summed E-state index contributed by atoms with van der Waals surface area (Å²) in [7, 11) is 0. The van der Waals surface area contributed by atoms with Crippen molar-refractivity contribution in [3.8, 4) is 0 Å². The van der Waals surface area contributed by atoms with Gasteiger partial charge in [-0.1, -0.05) is 32.6 Å². The molecule has 0 N–H and O–H groups in total. The Hall–Kier alpha value is -1.43. The van der Waals surface area contributed by atoms with E-state index in [-0.39, 0.29) is 0 Å². The summed E-state index contributed by atoms with van der Waals surface area (Å²) in [5, 5.41) is 1.59. The van der Waals surface area contributed by atoms with Gasteiger partial charge in [0.2, 0.25) is 0 Å². The van der Waals surface area contributed by atoms with Crippen molar-refractivity contribution < 1.29 is 0 Å². The normalized spacial score (nSPS) is 12.8. The molecule has 3 rings (SSSR count). The van der Waals surface area contributed by atoms with Crippen molar-refractivity contribution in [2.45, 2.75) is 103 Å². The zero-order valence-corrected chi connectivity index (χ0v) is 25.8. The molecule has 0 bridgehead atoms. The Morgan fingerprint density at radius 2 is 0.676 bits per heavy atom. The van der Waals surface area contributed by atoms with Gasteiger partial charge in [0, 0.05) is 0 Å². The van der Waals surface area contributed by atoms with Crippen molar-refractivity contribution >= 4 is 36.7 Å². The van der Waals surface area contributed by atoms with Crippen molar-refractivity contribution in [1.82, 2.24) is 0 Å². The Morgan fingerprint density at radius 1 is 0.405 bits per heavy atom. The molecule has 0 amide bonds. The monoisotopic (exact) mass is 580 g/mol. The van der Waals surface area contributed by atoms with E-state index < -0.39 is 5.31 Å². The summed E-state index contributed by atoms with van der Waals surface area (Å²) >= 11 is 4.59. The Morgan fingerprint density at radius 3 is 0.973 bits per heavy atom. The van der Waals surface area contributed by atoms with Gasteiger partial charge >= 0.3 is 204 Å². The molecule has 0 saturated carbocycles. The van der Waals surface area contributed by atoms with Crippen LogP contribution in [0.1, 0.15) is 103 Å². The molecule has 2 heteroatoms. The topological polar surface area (TPSA) is 0 Å². The van der Waals surface area contributed by atoms with Crippen LogP contribution < -0.4 is 15.9 Å². The maximum absolute atomic E-state index is 4.59. The molecule has 202 valence electrons. The van der Waals surface area contributed by atoms with Crippen LogP contribution in [0.3, 0.4) is 0 Å². The van der Waals surface area contributed by atoms with E-state index in [1.54, 1.807) is 0 Å². The molecule has 0 fully saturated rings. The molecule has 0 saturated heterocycles. The van der Waals surface area contributed by atoms with Crippen LogP contribution in [0.5, 0.6) is 0 Å². The predicted molar refractivity (Wildman–Crippen MR) is 174 cm³/mol. The molecule has 3 aromatic rings. The fraction of sp³-hybridized carbons (Fsp3) is 0.486. The van der Waals surface area contributed by atoms with Crippen LogP contribution in [0.2, 0.25) is 0 Å². The van der Waals surface area contributed by atoms with Crippen LogP contribution in [0, 0.1) is 0 Å². The van der Waals surface area contributed by atoms with Crippen molar-refractivity contribution in [3.63, 3.8) is 0 Å². The molecule has 3 aromatic carbocycles. The molecule has 0 aliphatic heterocycles. The second-order valence-corrected chi connectivity index (χ2v) is 19.9. The van der Waals surface area contributed by atoms with E-state index in [0.29, 0.717) is 0 Å². The zero-order chi connectivity index (χ0) is 26.1. The molecule has 0 aromatic heterocycles. The van der Waals surface area contributed by atoms with Crippen molar-refractivity contribution in [1.29, 1.82) is 0 Å².